The van der Waals surface area contributed by atoms with Crippen LogP contribution in [0.1, 0.15) is 45.6 Å². The highest BCUT2D eigenvalue weighted by atomic mass is 16.5. The Balaban J connectivity index is 2.31. The second-order valence-corrected chi connectivity index (χ2v) is 6.95. The van der Waals surface area contributed by atoms with E-state index in [9.17, 15) is 14.4 Å². The molecular formula is C21H31N3O4. The Morgan fingerprint density at radius 2 is 1.75 bits per heavy atom. The lowest BCUT2D eigenvalue weighted by molar-refractivity contribution is -0.128. The number of benzene rings is 1. The molecule has 0 bridgehead atoms. The average Bonchev–Trinajstić information content (AvgIpc) is 2.65. The number of carbonyl (C=O) groups is 3. The third kappa shape index (κ3) is 9.75. The maximum atomic E-state index is 12.3. The van der Waals surface area contributed by atoms with Crippen LogP contribution in [0.4, 0.5) is 4.79 Å². The van der Waals surface area contributed by atoms with Crippen LogP contribution in [-0.4, -0.2) is 36.5 Å². The first kappa shape index (κ1) is 23.2. The van der Waals surface area contributed by atoms with E-state index in [-0.39, 0.29) is 24.5 Å². The summed E-state index contributed by atoms with van der Waals surface area (Å²) in [4.78, 5) is 35.8. The molecule has 0 radical (unpaired) electrons. The van der Waals surface area contributed by atoms with E-state index in [1.54, 1.807) is 6.92 Å². The van der Waals surface area contributed by atoms with E-state index in [1.165, 1.54) is 0 Å². The van der Waals surface area contributed by atoms with Crippen LogP contribution in [0.5, 0.6) is 0 Å². The molecule has 3 N–H and O–H groups in total. The van der Waals surface area contributed by atoms with Gasteiger partial charge in [-0.1, -0.05) is 36.9 Å². The number of carbonyl (C=O) groups excluding carboxylic acids is 3. The molecule has 0 fully saturated rings. The predicted octanol–water partition coefficient (Wildman–Crippen LogP) is 2.67. The van der Waals surface area contributed by atoms with Gasteiger partial charge in [0.15, 0.2) is 0 Å². The van der Waals surface area contributed by atoms with Crippen molar-refractivity contribution < 1.29 is 19.1 Å². The molecule has 3 amide bonds. The Hall–Kier alpha value is -2.83. The molecule has 1 atom stereocenters. The summed E-state index contributed by atoms with van der Waals surface area (Å²) in [5.41, 5.74) is 1.27. The van der Waals surface area contributed by atoms with Crippen molar-refractivity contribution in [2.75, 3.05) is 6.54 Å². The lowest BCUT2D eigenvalue weighted by atomic mass is 10.1. The topological polar surface area (TPSA) is 96.5 Å². The summed E-state index contributed by atoms with van der Waals surface area (Å²) in [6.07, 6.45) is 1.31. The van der Waals surface area contributed by atoms with Gasteiger partial charge in [-0.25, -0.2) is 4.79 Å². The monoisotopic (exact) mass is 389 g/mol. The lowest BCUT2D eigenvalue weighted by Gasteiger charge is -2.20. The van der Waals surface area contributed by atoms with Crippen LogP contribution in [0.3, 0.4) is 0 Å². The highest BCUT2D eigenvalue weighted by molar-refractivity contribution is 5.96. The summed E-state index contributed by atoms with van der Waals surface area (Å²) in [5, 5.41) is 8.19. The van der Waals surface area contributed by atoms with Gasteiger partial charge in [-0.05, 0) is 45.6 Å². The molecule has 0 unspecified atom stereocenters. The number of amides is 3. The van der Waals surface area contributed by atoms with Crippen molar-refractivity contribution in [1.29, 1.82) is 0 Å². The fourth-order valence-electron chi connectivity index (χ4n) is 2.37. The zero-order chi connectivity index (χ0) is 20.9. The number of nitrogens with one attached hydrogen (secondary N) is 3. The maximum absolute atomic E-state index is 12.3. The minimum absolute atomic E-state index is 0.0159. The van der Waals surface area contributed by atoms with Crippen LogP contribution in [0.25, 0.3) is 0 Å². The molecule has 0 spiro atoms. The molecule has 7 heteroatoms. The quantitative estimate of drug-likeness (QED) is 0.400. The average molecular weight is 389 g/mol. The highest BCUT2D eigenvalue weighted by Gasteiger charge is 2.21. The molecule has 7 nitrogen and oxygen atoms in total. The molecule has 1 aromatic rings. The SMILES string of the molecule is C=C(C)C(=O)N[C@@H](CCCCNC(=O)OCc1ccccc1)C(=O)NC(C)C. The smallest absolute Gasteiger partial charge is 0.407 e. The van der Waals surface area contributed by atoms with Gasteiger partial charge in [-0.2, -0.15) is 0 Å². The first-order valence-corrected chi connectivity index (χ1v) is 9.51. The van der Waals surface area contributed by atoms with Crippen LogP contribution >= 0.6 is 0 Å². The van der Waals surface area contributed by atoms with Crippen molar-refractivity contribution in [1.82, 2.24) is 16.0 Å². The maximum Gasteiger partial charge on any atom is 0.407 e. The molecule has 28 heavy (non-hydrogen) atoms. The van der Waals surface area contributed by atoms with E-state index in [0.717, 1.165) is 5.56 Å². The first-order valence-electron chi connectivity index (χ1n) is 9.51. The zero-order valence-corrected chi connectivity index (χ0v) is 16.9. The van der Waals surface area contributed by atoms with Crippen LogP contribution in [-0.2, 0) is 20.9 Å². The van der Waals surface area contributed by atoms with Gasteiger partial charge in [0.25, 0.3) is 0 Å². The largest absolute Gasteiger partial charge is 0.445 e. The van der Waals surface area contributed by atoms with Gasteiger partial charge in [-0.3, -0.25) is 9.59 Å². The summed E-state index contributed by atoms with van der Waals surface area (Å²) in [6, 6.07) is 8.79. The predicted molar refractivity (Wildman–Crippen MR) is 109 cm³/mol. The summed E-state index contributed by atoms with van der Waals surface area (Å²) >= 11 is 0. The van der Waals surface area contributed by atoms with E-state index in [4.69, 9.17) is 4.74 Å². The standard InChI is InChI=1S/C21H31N3O4/c1-15(2)19(25)24-18(20(26)23-16(3)4)12-8-9-13-22-21(27)28-14-17-10-6-5-7-11-17/h5-7,10-11,16,18H,1,8-9,12-14H2,2-4H3,(H,22,27)(H,23,26)(H,24,25)/t18-/m0/s1. The molecule has 0 heterocycles. The van der Waals surface area contributed by atoms with Crippen molar-refractivity contribution in [2.24, 2.45) is 0 Å². The second-order valence-electron chi connectivity index (χ2n) is 6.95. The molecule has 0 aliphatic carbocycles. The molecule has 1 rings (SSSR count). The third-order valence-electron chi connectivity index (χ3n) is 3.84. The van der Waals surface area contributed by atoms with Crippen LogP contribution in [0.2, 0.25) is 0 Å². The fourth-order valence-corrected chi connectivity index (χ4v) is 2.37. The number of ether oxygens (including phenoxy) is 1. The number of unbranched alkanes of at least 4 members (excludes halogenated alkanes) is 1. The van der Waals surface area contributed by atoms with Crippen molar-refractivity contribution in [3.05, 3.63) is 48.0 Å². The Morgan fingerprint density at radius 3 is 2.36 bits per heavy atom. The summed E-state index contributed by atoms with van der Waals surface area (Å²) < 4.78 is 5.14. The Morgan fingerprint density at radius 1 is 1.07 bits per heavy atom. The summed E-state index contributed by atoms with van der Waals surface area (Å²) in [5.74, 6) is -0.564. The zero-order valence-electron chi connectivity index (χ0n) is 16.9. The summed E-state index contributed by atoms with van der Waals surface area (Å²) in [7, 11) is 0. The summed E-state index contributed by atoms with van der Waals surface area (Å²) in [6.45, 7) is 9.56. The Labute approximate surface area is 166 Å². The van der Waals surface area contributed by atoms with Gasteiger partial charge in [0.2, 0.25) is 11.8 Å². The van der Waals surface area contributed by atoms with Crippen LogP contribution in [0.15, 0.2) is 42.5 Å². The van der Waals surface area contributed by atoms with Crippen LogP contribution < -0.4 is 16.0 Å². The van der Waals surface area contributed by atoms with E-state index in [1.807, 2.05) is 44.2 Å². The van der Waals surface area contributed by atoms with Crippen molar-refractivity contribution in [3.8, 4) is 0 Å². The molecule has 154 valence electrons. The van der Waals surface area contributed by atoms with Crippen LogP contribution in [0, 0.1) is 0 Å². The van der Waals surface area contributed by atoms with E-state index in [2.05, 4.69) is 22.5 Å². The van der Waals surface area contributed by atoms with Gasteiger partial charge < -0.3 is 20.7 Å². The number of alkyl carbamates (subject to hydrolysis) is 1. The van der Waals surface area contributed by atoms with Gasteiger partial charge in [0.05, 0.1) is 0 Å². The minimum atomic E-state index is -0.628. The van der Waals surface area contributed by atoms with Gasteiger partial charge in [0, 0.05) is 18.2 Å². The molecule has 1 aromatic carbocycles. The van der Waals surface area contributed by atoms with E-state index < -0.39 is 12.1 Å². The first-order chi connectivity index (χ1) is 13.3. The Bertz CT molecular complexity index is 659. The van der Waals surface area contributed by atoms with Gasteiger partial charge >= 0.3 is 6.09 Å². The molecular weight excluding hydrogens is 358 g/mol. The van der Waals surface area contributed by atoms with Gasteiger partial charge in [-0.15, -0.1) is 0 Å². The van der Waals surface area contributed by atoms with E-state index in [0.29, 0.717) is 31.4 Å². The molecule has 0 aliphatic heterocycles. The Kier molecular flexibility index (Phi) is 10.4. The molecule has 0 aliphatic rings. The minimum Gasteiger partial charge on any atom is -0.445 e. The normalized spacial score (nSPS) is 11.4. The molecule has 0 aromatic heterocycles. The second kappa shape index (κ2) is 12.5. The lowest BCUT2D eigenvalue weighted by Crippen LogP contribution is -2.48. The van der Waals surface area contributed by atoms with E-state index >= 15 is 0 Å². The number of hydrogen-bond donors (Lipinski definition) is 3. The number of hydrogen-bond acceptors (Lipinski definition) is 4. The number of rotatable bonds is 11. The van der Waals surface area contributed by atoms with Crippen molar-refractivity contribution in [2.45, 2.75) is 58.7 Å². The third-order valence-corrected chi connectivity index (χ3v) is 3.84. The van der Waals surface area contributed by atoms with Crippen molar-refractivity contribution in [3.63, 3.8) is 0 Å². The molecule has 0 saturated heterocycles. The highest BCUT2D eigenvalue weighted by Crippen LogP contribution is 2.04. The molecule has 0 saturated carbocycles. The fraction of sp³-hybridized carbons (Fsp3) is 0.476. The van der Waals surface area contributed by atoms with Gasteiger partial charge in [0.1, 0.15) is 12.6 Å². The van der Waals surface area contributed by atoms with Crippen molar-refractivity contribution >= 4 is 17.9 Å².